The maximum absolute atomic E-state index is 13.0. The minimum atomic E-state index is 0.116. The lowest BCUT2D eigenvalue weighted by molar-refractivity contribution is 0.0703. The summed E-state index contributed by atoms with van der Waals surface area (Å²) in [6.45, 7) is 4.99. The third-order valence-electron chi connectivity index (χ3n) is 4.91. The Morgan fingerprint density at radius 2 is 2.09 bits per heavy atom. The molecule has 1 aromatic carbocycles. The van der Waals surface area contributed by atoms with E-state index in [1.54, 1.807) is 4.68 Å². The molecule has 3 rings (SSSR count). The minimum absolute atomic E-state index is 0.116. The maximum atomic E-state index is 13.0. The van der Waals surface area contributed by atoms with Crippen molar-refractivity contribution in [1.29, 1.82) is 0 Å². The molecule has 4 nitrogen and oxygen atoms in total. The van der Waals surface area contributed by atoms with Gasteiger partial charge in [0.1, 0.15) is 5.69 Å². The molecule has 1 fully saturated rings. The number of amides is 1. The number of hydrogen-bond donors (Lipinski definition) is 0. The number of aromatic nitrogens is 2. The second kappa shape index (κ2) is 6.57. The Kier molecular flexibility index (Phi) is 4.51. The number of likely N-dealkylation sites (tertiary alicyclic amines) is 1. The van der Waals surface area contributed by atoms with E-state index in [1.165, 1.54) is 5.56 Å². The van der Waals surface area contributed by atoms with Crippen LogP contribution in [0.15, 0.2) is 36.4 Å². The van der Waals surface area contributed by atoms with Crippen LogP contribution in [-0.2, 0) is 7.05 Å². The predicted molar refractivity (Wildman–Crippen MR) is 91.5 cm³/mol. The van der Waals surface area contributed by atoms with Crippen LogP contribution < -0.4 is 0 Å². The van der Waals surface area contributed by atoms with E-state index in [9.17, 15) is 4.79 Å². The number of carbonyl (C=O) groups is 1. The molecule has 4 heteroatoms. The number of carbonyl (C=O) groups excluding carboxylic acids is 1. The average Bonchev–Trinajstić information content (AvgIpc) is 3.15. The first-order valence-corrected chi connectivity index (χ1v) is 8.48. The van der Waals surface area contributed by atoms with Crippen LogP contribution in [0.4, 0.5) is 0 Å². The van der Waals surface area contributed by atoms with Gasteiger partial charge in [0.05, 0.1) is 5.69 Å². The third-order valence-corrected chi connectivity index (χ3v) is 4.91. The molecule has 0 bridgehead atoms. The van der Waals surface area contributed by atoms with Gasteiger partial charge in [-0.2, -0.15) is 5.10 Å². The Bertz CT molecular complexity index is 677. The number of aryl methyl sites for hydroxylation is 2. The van der Waals surface area contributed by atoms with Gasteiger partial charge in [0.2, 0.25) is 0 Å². The minimum Gasteiger partial charge on any atom is -0.334 e. The molecule has 1 aliphatic rings. The van der Waals surface area contributed by atoms with Gasteiger partial charge in [-0.3, -0.25) is 9.48 Å². The standard InChI is InChI=1S/C19H25N3O/c1-4-16(15-9-6-5-7-10-15)17-11-8-12-22(17)19(23)18-13-14(2)20-21(18)3/h5-7,9-10,13,16-17H,4,8,11-12H2,1-3H3/t16-,17-/m0/s1. The van der Waals surface area contributed by atoms with Gasteiger partial charge in [0, 0.05) is 25.6 Å². The summed E-state index contributed by atoms with van der Waals surface area (Å²) in [4.78, 5) is 15.1. The summed E-state index contributed by atoms with van der Waals surface area (Å²) >= 11 is 0. The first kappa shape index (κ1) is 15.8. The zero-order valence-corrected chi connectivity index (χ0v) is 14.2. The van der Waals surface area contributed by atoms with E-state index >= 15 is 0 Å². The summed E-state index contributed by atoms with van der Waals surface area (Å²) in [7, 11) is 1.85. The Balaban J connectivity index is 1.87. The molecule has 0 aliphatic carbocycles. The number of hydrogen-bond acceptors (Lipinski definition) is 2. The monoisotopic (exact) mass is 311 g/mol. The predicted octanol–water partition coefficient (Wildman–Crippen LogP) is 3.53. The van der Waals surface area contributed by atoms with Gasteiger partial charge in [-0.15, -0.1) is 0 Å². The summed E-state index contributed by atoms with van der Waals surface area (Å²) < 4.78 is 1.70. The lowest BCUT2D eigenvalue weighted by Crippen LogP contribution is -2.40. The van der Waals surface area contributed by atoms with Crippen molar-refractivity contribution in [3.05, 3.63) is 53.3 Å². The second-order valence-electron chi connectivity index (χ2n) is 6.43. The molecule has 0 spiro atoms. The Morgan fingerprint density at radius 1 is 1.35 bits per heavy atom. The Hall–Kier alpha value is -2.10. The Labute approximate surface area is 138 Å². The Morgan fingerprint density at radius 3 is 2.70 bits per heavy atom. The van der Waals surface area contributed by atoms with Crippen molar-refractivity contribution in [3.8, 4) is 0 Å². The van der Waals surface area contributed by atoms with Gasteiger partial charge in [-0.1, -0.05) is 37.3 Å². The molecule has 0 saturated carbocycles. The van der Waals surface area contributed by atoms with Gasteiger partial charge < -0.3 is 4.90 Å². The van der Waals surface area contributed by atoms with Gasteiger partial charge in [-0.25, -0.2) is 0 Å². The molecular formula is C19H25N3O. The van der Waals surface area contributed by atoms with Crippen LogP contribution in [0.3, 0.4) is 0 Å². The van der Waals surface area contributed by atoms with Crippen molar-refractivity contribution in [1.82, 2.24) is 14.7 Å². The highest BCUT2D eigenvalue weighted by atomic mass is 16.2. The largest absolute Gasteiger partial charge is 0.334 e. The summed E-state index contributed by atoms with van der Waals surface area (Å²) in [5, 5.41) is 4.32. The van der Waals surface area contributed by atoms with E-state index in [0.717, 1.165) is 31.5 Å². The van der Waals surface area contributed by atoms with Crippen LogP contribution >= 0.6 is 0 Å². The van der Waals surface area contributed by atoms with Crippen LogP contribution in [0.25, 0.3) is 0 Å². The van der Waals surface area contributed by atoms with Crippen molar-refractivity contribution in [3.63, 3.8) is 0 Å². The number of benzene rings is 1. The van der Waals surface area contributed by atoms with E-state index < -0.39 is 0 Å². The highest BCUT2D eigenvalue weighted by Gasteiger charge is 2.35. The molecule has 0 unspecified atom stereocenters. The molecule has 1 amide bonds. The zero-order chi connectivity index (χ0) is 16.4. The molecule has 23 heavy (non-hydrogen) atoms. The molecule has 2 atom stereocenters. The molecule has 1 aromatic heterocycles. The summed E-state index contributed by atoms with van der Waals surface area (Å²) in [6.07, 6.45) is 3.20. The summed E-state index contributed by atoms with van der Waals surface area (Å²) in [5.74, 6) is 0.516. The van der Waals surface area contributed by atoms with Crippen molar-refractivity contribution < 1.29 is 4.79 Å². The molecule has 0 radical (unpaired) electrons. The lowest BCUT2D eigenvalue weighted by Gasteiger charge is -2.31. The first-order chi connectivity index (χ1) is 11.1. The number of rotatable bonds is 4. The smallest absolute Gasteiger partial charge is 0.272 e. The average molecular weight is 311 g/mol. The summed E-state index contributed by atoms with van der Waals surface area (Å²) in [5.41, 5.74) is 2.92. The van der Waals surface area contributed by atoms with Crippen LogP contribution in [0.5, 0.6) is 0 Å². The van der Waals surface area contributed by atoms with Crippen molar-refractivity contribution in [2.24, 2.45) is 7.05 Å². The fourth-order valence-electron chi connectivity index (χ4n) is 3.85. The van der Waals surface area contributed by atoms with E-state index in [1.807, 2.05) is 26.1 Å². The van der Waals surface area contributed by atoms with Crippen LogP contribution in [0, 0.1) is 6.92 Å². The van der Waals surface area contributed by atoms with Crippen molar-refractivity contribution in [2.45, 2.75) is 45.1 Å². The molecule has 1 saturated heterocycles. The highest BCUT2D eigenvalue weighted by molar-refractivity contribution is 5.93. The normalized spacial score (nSPS) is 19.1. The number of nitrogens with zero attached hydrogens (tertiary/aromatic N) is 3. The molecular weight excluding hydrogens is 286 g/mol. The highest BCUT2D eigenvalue weighted by Crippen LogP contribution is 2.34. The van der Waals surface area contributed by atoms with Crippen molar-refractivity contribution in [2.75, 3.05) is 6.54 Å². The SMILES string of the molecule is CC[C@@H](c1ccccc1)[C@@H]1CCCN1C(=O)c1cc(C)nn1C. The summed E-state index contributed by atoms with van der Waals surface area (Å²) in [6, 6.07) is 12.8. The first-order valence-electron chi connectivity index (χ1n) is 8.48. The van der Waals surface area contributed by atoms with Crippen LogP contribution in [-0.4, -0.2) is 33.2 Å². The van der Waals surface area contributed by atoms with Gasteiger partial charge >= 0.3 is 0 Å². The van der Waals surface area contributed by atoms with Gasteiger partial charge in [0.15, 0.2) is 0 Å². The third kappa shape index (κ3) is 3.03. The molecule has 0 N–H and O–H groups in total. The van der Waals surface area contributed by atoms with E-state index in [2.05, 4.69) is 41.2 Å². The lowest BCUT2D eigenvalue weighted by atomic mass is 9.87. The quantitative estimate of drug-likeness (QED) is 0.866. The van der Waals surface area contributed by atoms with Gasteiger partial charge in [-0.05, 0) is 37.8 Å². The maximum Gasteiger partial charge on any atom is 0.272 e. The molecule has 2 aromatic rings. The van der Waals surface area contributed by atoms with Crippen molar-refractivity contribution >= 4 is 5.91 Å². The molecule has 2 heterocycles. The van der Waals surface area contributed by atoms with E-state index in [4.69, 9.17) is 0 Å². The van der Waals surface area contributed by atoms with Crippen LogP contribution in [0.2, 0.25) is 0 Å². The molecule has 1 aliphatic heterocycles. The van der Waals surface area contributed by atoms with E-state index in [0.29, 0.717) is 11.6 Å². The fourth-order valence-corrected chi connectivity index (χ4v) is 3.85. The van der Waals surface area contributed by atoms with Gasteiger partial charge in [0.25, 0.3) is 5.91 Å². The topological polar surface area (TPSA) is 38.1 Å². The fraction of sp³-hybridized carbons (Fsp3) is 0.474. The zero-order valence-electron chi connectivity index (χ0n) is 14.2. The second-order valence-corrected chi connectivity index (χ2v) is 6.43. The molecule has 122 valence electrons. The van der Waals surface area contributed by atoms with Crippen LogP contribution in [0.1, 0.15) is 53.8 Å². The van der Waals surface area contributed by atoms with E-state index in [-0.39, 0.29) is 11.9 Å².